The van der Waals surface area contributed by atoms with Crippen molar-refractivity contribution >= 4 is 40.1 Å². The Morgan fingerprint density at radius 2 is 1.92 bits per heavy atom. The summed E-state index contributed by atoms with van der Waals surface area (Å²) in [6.45, 7) is 2.24. The van der Waals surface area contributed by atoms with E-state index in [-0.39, 0.29) is 11.8 Å². The van der Waals surface area contributed by atoms with Gasteiger partial charge in [0.05, 0.1) is 25.9 Å². The van der Waals surface area contributed by atoms with Crippen LogP contribution in [-0.2, 0) is 9.57 Å². The van der Waals surface area contributed by atoms with Crippen molar-refractivity contribution in [2.45, 2.75) is 36.5 Å². The zero-order valence-electron chi connectivity index (χ0n) is 21.7. The highest BCUT2D eigenvalue weighted by atomic mass is 32.2. The number of hydrogen-bond acceptors (Lipinski definition) is 9. The molecule has 2 aliphatic heterocycles. The second-order valence-corrected chi connectivity index (χ2v) is 10.5. The Balaban J connectivity index is 1.43. The summed E-state index contributed by atoms with van der Waals surface area (Å²) >= 11 is 1.36. The van der Waals surface area contributed by atoms with Gasteiger partial charge in [-0.3, -0.25) is 14.6 Å². The number of nitrogens with zero attached hydrogens (tertiary/aromatic N) is 3. The van der Waals surface area contributed by atoms with E-state index in [2.05, 4.69) is 21.5 Å². The van der Waals surface area contributed by atoms with Crippen LogP contribution >= 0.6 is 11.8 Å². The van der Waals surface area contributed by atoms with E-state index in [9.17, 15) is 9.59 Å². The second kappa shape index (κ2) is 12.1. The molecule has 0 atom stereocenters. The molecule has 1 saturated heterocycles. The van der Waals surface area contributed by atoms with Crippen molar-refractivity contribution in [3.8, 4) is 0 Å². The summed E-state index contributed by atoms with van der Waals surface area (Å²) in [5.41, 5.74) is 10.7. The first-order chi connectivity index (χ1) is 18.5. The normalized spacial score (nSPS) is 17.9. The number of nitrogens with one attached hydrogen (secondary N) is 3. The highest BCUT2D eigenvalue weighted by Gasteiger charge is 2.27. The van der Waals surface area contributed by atoms with Crippen LogP contribution in [0.4, 0.5) is 11.4 Å². The minimum absolute atomic E-state index is 0.00141. The van der Waals surface area contributed by atoms with E-state index in [4.69, 9.17) is 9.57 Å². The molecule has 2 fully saturated rings. The van der Waals surface area contributed by atoms with Crippen LogP contribution in [0.25, 0.3) is 0 Å². The van der Waals surface area contributed by atoms with E-state index < -0.39 is 0 Å². The molecule has 2 aromatic rings. The number of hydrazone groups is 1. The van der Waals surface area contributed by atoms with E-state index in [0.29, 0.717) is 54.2 Å². The number of thioether (sulfide) groups is 1. The van der Waals surface area contributed by atoms with Gasteiger partial charge in [-0.25, -0.2) is 10.4 Å². The molecule has 5 N–H and O–H groups in total. The number of morpholine rings is 1. The lowest BCUT2D eigenvalue weighted by Crippen LogP contribution is -2.75. The molecule has 5 rings (SSSR count). The molecule has 1 saturated carbocycles. The first-order valence-corrected chi connectivity index (χ1v) is 13.7. The van der Waals surface area contributed by atoms with E-state index in [1.807, 2.05) is 42.3 Å². The summed E-state index contributed by atoms with van der Waals surface area (Å²) in [4.78, 5) is 34.9. The maximum Gasteiger partial charge on any atom is 0.257 e. The van der Waals surface area contributed by atoms with Gasteiger partial charge >= 0.3 is 0 Å². The van der Waals surface area contributed by atoms with Crippen LogP contribution in [0.2, 0.25) is 0 Å². The zero-order chi connectivity index (χ0) is 26.5. The number of benzene rings is 2. The number of nitrogens with two attached hydrogens (primary N) is 1. The van der Waals surface area contributed by atoms with Crippen LogP contribution in [0.5, 0.6) is 0 Å². The largest absolute Gasteiger partial charge is 0.378 e. The number of hydrazine groups is 2. The van der Waals surface area contributed by atoms with Gasteiger partial charge in [0.25, 0.3) is 11.8 Å². The fraction of sp³-hybridized carbons (Fsp3) is 0.423. The van der Waals surface area contributed by atoms with Crippen LogP contribution < -0.4 is 21.9 Å². The molecule has 0 spiro atoms. The molecule has 2 heterocycles. The lowest BCUT2D eigenvalue weighted by Gasteiger charge is -2.28. The molecule has 202 valence electrons. The number of carbonyl (C=O) groups excluding carboxylic acids is 2. The molecule has 2 aromatic carbocycles. The standard InChI is InChI=1S/C26H33N7O4S/c1-32-26(28-30-31-32)38-23-10-8-19(29-36-2)16-22(23)24(34)27-18-7-9-20(17-5-3-4-6-17)21(15-18)25(35)33-11-13-37-14-12-33/h7-10,15-17,29-31H,3-6,11-14H2,1-2H3,(H,27,34)/p+1. The Bertz CT molecular complexity index is 1210. The maximum absolute atomic E-state index is 13.6. The molecule has 1 aliphatic carbocycles. The fourth-order valence-electron chi connectivity index (χ4n) is 5.03. The maximum atomic E-state index is 13.6. The van der Waals surface area contributed by atoms with Crippen LogP contribution in [-0.4, -0.2) is 67.4 Å². The molecule has 11 nitrogen and oxygen atoms in total. The molecule has 0 radical (unpaired) electrons. The van der Waals surface area contributed by atoms with Gasteiger partial charge in [-0.2, -0.15) is 5.48 Å². The van der Waals surface area contributed by atoms with Crippen LogP contribution in [0.3, 0.4) is 0 Å². The molecular weight excluding hydrogens is 506 g/mol. The topological polar surface area (TPSA) is 124 Å². The SMILES string of the molecule is CO[NH2+]c1ccc(SC2=NNNN2C)c(C(=O)Nc2ccc(C3CCCC3)c(C(=O)N3CCOCC3)c2)c1. The van der Waals surface area contributed by atoms with Crippen LogP contribution in [0, 0.1) is 0 Å². The average Bonchev–Trinajstić information content (AvgIpc) is 3.62. The van der Waals surface area contributed by atoms with E-state index >= 15 is 0 Å². The number of rotatable bonds is 7. The predicted octanol–water partition coefficient (Wildman–Crippen LogP) is 2.14. The summed E-state index contributed by atoms with van der Waals surface area (Å²) in [6.07, 6.45) is 4.52. The number of amidine groups is 1. The van der Waals surface area contributed by atoms with Gasteiger partial charge < -0.3 is 15.0 Å². The number of amides is 2. The summed E-state index contributed by atoms with van der Waals surface area (Å²) < 4.78 is 5.45. The Morgan fingerprint density at radius 3 is 2.63 bits per heavy atom. The van der Waals surface area contributed by atoms with E-state index in [1.54, 1.807) is 23.7 Å². The predicted molar refractivity (Wildman–Crippen MR) is 145 cm³/mol. The minimum atomic E-state index is -0.278. The van der Waals surface area contributed by atoms with Crippen molar-refractivity contribution in [2.75, 3.05) is 45.8 Å². The summed E-state index contributed by atoms with van der Waals surface area (Å²) in [7, 11) is 3.40. The van der Waals surface area contributed by atoms with Crippen molar-refractivity contribution in [3.05, 3.63) is 53.1 Å². The molecule has 2 amide bonds. The Hall–Kier alpha value is -3.16. The first-order valence-electron chi connectivity index (χ1n) is 12.9. The third kappa shape index (κ3) is 5.94. The Kier molecular flexibility index (Phi) is 8.45. The fourth-order valence-corrected chi connectivity index (χ4v) is 5.90. The quantitative estimate of drug-likeness (QED) is 0.311. The third-order valence-corrected chi connectivity index (χ3v) is 8.12. The van der Waals surface area contributed by atoms with Crippen molar-refractivity contribution in [1.82, 2.24) is 21.0 Å². The van der Waals surface area contributed by atoms with Gasteiger partial charge in [0, 0.05) is 48.4 Å². The molecular formula is C26H34N7O4S+. The zero-order valence-corrected chi connectivity index (χ0v) is 22.5. The van der Waals surface area contributed by atoms with Gasteiger partial charge in [-0.1, -0.05) is 18.9 Å². The second-order valence-electron chi connectivity index (χ2n) is 9.53. The molecule has 0 aromatic heterocycles. The van der Waals surface area contributed by atoms with Crippen LogP contribution in [0.1, 0.15) is 57.9 Å². The van der Waals surface area contributed by atoms with Gasteiger partial charge in [0.2, 0.25) is 5.17 Å². The average molecular weight is 541 g/mol. The first kappa shape index (κ1) is 26.4. The number of anilines is 1. The number of hydrogen-bond donors (Lipinski definition) is 4. The van der Waals surface area contributed by atoms with Gasteiger partial charge in [-0.05, 0) is 54.3 Å². The Morgan fingerprint density at radius 1 is 1.13 bits per heavy atom. The lowest BCUT2D eigenvalue weighted by molar-refractivity contribution is -0.830. The van der Waals surface area contributed by atoms with Gasteiger partial charge in [-0.15, -0.1) is 10.6 Å². The lowest BCUT2D eigenvalue weighted by atomic mass is 9.91. The number of quaternary nitrogens is 1. The smallest absolute Gasteiger partial charge is 0.257 e. The molecule has 0 unspecified atom stereocenters. The van der Waals surface area contributed by atoms with Crippen molar-refractivity contribution < 1.29 is 24.6 Å². The summed E-state index contributed by atoms with van der Waals surface area (Å²) in [6, 6.07) is 11.3. The Labute approximate surface area is 226 Å². The summed E-state index contributed by atoms with van der Waals surface area (Å²) in [5.74, 6) is 0.0938. The van der Waals surface area contributed by atoms with Crippen molar-refractivity contribution in [3.63, 3.8) is 0 Å². The summed E-state index contributed by atoms with van der Waals surface area (Å²) in [5, 5.41) is 9.64. The molecule has 38 heavy (non-hydrogen) atoms. The van der Waals surface area contributed by atoms with Crippen LogP contribution in [0.15, 0.2) is 46.4 Å². The highest BCUT2D eigenvalue weighted by Crippen LogP contribution is 2.37. The molecule has 3 aliphatic rings. The van der Waals surface area contributed by atoms with Gasteiger partial charge in [0.1, 0.15) is 0 Å². The number of ether oxygens (including phenoxy) is 1. The number of carbonyl (C=O) groups is 2. The monoisotopic (exact) mass is 540 g/mol. The minimum Gasteiger partial charge on any atom is -0.378 e. The molecule has 12 heteroatoms. The van der Waals surface area contributed by atoms with Crippen molar-refractivity contribution in [2.24, 2.45) is 5.10 Å². The van der Waals surface area contributed by atoms with E-state index in [1.165, 1.54) is 24.6 Å². The molecule has 0 bridgehead atoms. The highest BCUT2D eigenvalue weighted by molar-refractivity contribution is 8.13. The third-order valence-electron chi connectivity index (χ3n) is 6.99. The van der Waals surface area contributed by atoms with Gasteiger partial charge in [0.15, 0.2) is 5.69 Å². The van der Waals surface area contributed by atoms with Crippen molar-refractivity contribution in [1.29, 1.82) is 0 Å². The van der Waals surface area contributed by atoms with E-state index in [0.717, 1.165) is 29.0 Å².